The first-order valence-electron chi connectivity index (χ1n) is 29.0. The smallest absolute Gasteiger partial charge is 0.196 e. The van der Waals surface area contributed by atoms with Crippen LogP contribution in [0.2, 0.25) is 0 Å². The molecule has 0 spiro atoms. The average molecular weight is 1300 g/mol. The molecule has 414 valence electrons. The Labute approximate surface area is 514 Å². The van der Waals surface area contributed by atoms with Crippen molar-refractivity contribution in [1.82, 2.24) is 18.5 Å². The van der Waals surface area contributed by atoms with Gasteiger partial charge in [-0.3, -0.25) is 8.80 Å². The number of benzene rings is 11. The minimum atomic E-state index is -3.19. The number of rotatable bonds is 9. The fourth-order valence-corrected chi connectivity index (χ4v) is 18.5. The summed E-state index contributed by atoms with van der Waals surface area (Å²) in [5, 5.41) is 13.1. The molecule has 0 saturated heterocycles. The van der Waals surface area contributed by atoms with E-state index in [1.54, 1.807) is 0 Å². The maximum atomic E-state index is 6.91. The molecule has 16 aromatic rings. The third kappa shape index (κ3) is 8.32. The first-order chi connectivity index (χ1) is 41.8. The number of hydrogen-bond donors (Lipinski definition) is 0. The van der Waals surface area contributed by atoms with Crippen molar-refractivity contribution in [2.24, 2.45) is 0 Å². The standard InChI is InChI=1S/C78H55N5OSi.Pt/c1-78(2,3)54-47-48-79-73(49-54)82-68-41-19-16-35-62(68)64-46-45-57(51-71(64)82)84-56-28-22-27-55(50-56)80-52-81-75-61(53-25-8-4-9-26-53)38-23-40-67(75)74-65(63-36-17-20-42-69(63)83-70-43-21-18-37-66(70)76(80)77(81)83)39-24-44-72(74)85(58-29-10-5-11-30-58,59-31-12-6-13-32-59)60-33-14-7-15-34-60;/h4-49H,1-3H3;/q-2;. The van der Waals surface area contributed by atoms with Crippen LogP contribution in [0.1, 0.15) is 26.3 Å². The van der Waals surface area contributed by atoms with Crippen molar-refractivity contribution in [2.75, 3.05) is 0 Å². The summed E-state index contributed by atoms with van der Waals surface area (Å²) in [4.78, 5) is 4.93. The monoisotopic (exact) mass is 1300 g/mol. The van der Waals surface area contributed by atoms with Gasteiger partial charge >= 0.3 is 0 Å². The van der Waals surface area contributed by atoms with E-state index < -0.39 is 8.07 Å². The zero-order valence-corrected chi connectivity index (χ0v) is 50.8. The van der Waals surface area contributed by atoms with Crippen LogP contribution < -0.4 is 29.9 Å². The van der Waals surface area contributed by atoms with Crippen LogP contribution in [0.4, 0.5) is 0 Å². The Morgan fingerprint density at radius 1 is 0.477 bits per heavy atom. The quantitative estimate of drug-likeness (QED) is 0.0625. The average Bonchev–Trinajstić information content (AvgIpc) is 1.43. The molecule has 6 nitrogen and oxygen atoms in total. The van der Waals surface area contributed by atoms with Crippen molar-refractivity contribution < 1.29 is 30.2 Å². The van der Waals surface area contributed by atoms with Gasteiger partial charge in [-0.05, 0) is 94.7 Å². The van der Waals surface area contributed by atoms with E-state index in [9.17, 15) is 0 Å². The van der Waals surface area contributed by atoms with Gasteiger partial charge in [-0.1, -0.05) is 244 Å². The molecule has 0 saturated carbocycles. The number of imidazole rings is 1. The van der Waals surface area contributed by atoms with Gasteiger partial charge in [0.1, 0.15) is 11.3 Å². The molecule has 0 N–H and O–H groups in total. The Morgan fingerprint density at radius 3 is 1.70 bits per heavy atom. The van der Waals surface area contributed by atoms with E-state index in [4.69, 9.17) is 9.72 Å². The SMILES string of the molecule is CC(C)(C)c1ccnc(-n2c3[c-]c(Oc4[c-]c(-n5[c-][n+]6c7c(-c8ccccc8)cccc7c7c([Si](c8ccccc8)(c8ccccc8)c8ccccc8)cccc7c7ccccc7n7c8ccccc8c5c76)ccc4)ccc3c3ccccc32)c1.[Pt]. The van der Waals surface area contributed by atoms with Gasteiger partial charge in [0.2, 0.25) is 0 Å². The summed E-state index contributed by atoms with van der Waals surface area (Å²) >= 11 is 0. The molecule has 0 atom stereocenters. The number of fused-ring (bicyclic) bond motifs is 13. The number of ether oxygens (including phenoxy) is 1. The molecule has 5 aromatic heterocycles. The van der Waals surface area contributed by atoms with E-state index in [0.29, 0.717) is 11.5 Å². The van der Waals surface area contributed by atoms with Gasteiger partial charge in [0.05, 0.1) is 16.6 Å². The Kier molecular flexibility index (Phi) is 12.9. The van der Waals surface area contributed by atoms with E-state index in [-0.39, 0.29) is 26.5 Å². The predicted octanol–water partition coefficient (Wildman–Crippen LogP) is 15.7. The molecule has 86 heavy (non-hydrogen) atoms. The second-order valence-electron chi connectivity index (χ2n) is 23.0. The summed E-state index contributed by atoms with van der Waals surface area (Å²) in [5.74, 6) is 1.96. The normalized spacial score (nSPS) is 12.0. The Morgan fingerprint density at radius 2 is 1.02 bits per heavy atom. The van der Waals surface area contributed by atoms with Crippen LogP contribution in [0.15, 0.2) is 279 Å². The summed E-state index contributed by atoms with van der Waals surface area (Å²) in [6.45, 7) is 6.70. The molecule has 0 unspecified atom stereocenters. The summed E-state index contributed by atoms with van der Waals surface area (Å²) in [6, 6.07) is 107. The van der Waals surface area contributed by atoms with Crippen LogP contribution >= 0.6 is 0 Å². The van der Waals surface area contributed by atoms with Crippen LogP contribution in [-0.2, 0) is 26.5 Å². The van der Waals surface area contributed by atoms with Crippen LogP contribution in [0.25, 0.3) is 99.1 Å². The van der Waals surface area contributed by atoms with Crippen LogP contribution in [0.5, 0.6) is 11.5 Å². The van der Waals surface area contributed by atoms with Crippen molar-refractivity contribution in [1.29, 1.82) is 0 Å². The van der Waals surface area contributed by atoms with Crippen LogP contribution in [-0.4, -0.2) is 26.6 Å². The van der Waals surface area contributed by atoms with Gasteiger partial charge < -0.3 is 13.9 Å². The van der Waals surface area contributed by atoms with E-state index >= 15 is 0 Å². The Hall–Kier alpha value is -9.91. The Bertz CT molecular complexity index is 5220. The van der Waals surface area contributed by atoms with Crippen LogP contribution in [0.3, 0.4) is 0 Å². The summed E-state index contributed by atoms with van der Waals surface area (Å²) in [5.41, 5.74) is 11.2. The van der Waals surface area contributed by atoms with E-state index in [2.05, 4.69) is 312 Å². The topological polar surface area (TPSA) is 40.5 Å². The van der Waals surface area contributed by atoms with Gasteiger partial charge in [-0.25, -0.2) is 4.98 Å². The number of nitrogens with zero attached hydrogens (tertiary/aromatic N) is 5. The summed E-state index contributed by atoms with van der Waals surface area (Å²) < 4.78 is 16.1. The zero-order valence-electron chi connectivity index (χ0n) is 47.5. The fraction of sp³-hybridized carbons (Fsp3) is 0.0513. The third-order valence-electron chi connectivity index (χ3n) is 17.2. The molecule has 0 aliphatic carbocycles. The van der Waals surface area contributed by atoms with Gasteiger partial charge in [0.25, 0.3) is 0 Å². The molecule has 0 fully saturated rings. The minimum absolute atomic E-state index is 0. The first kappa shape index (κ1) is 52.9. The van der Waals surface area contributed by atoms with Crippen molar-refractivity contribution in [3.05, 3.63) is 303 Å². The third-order valence-corrected chi connectivity index (χ3v) is 22.0. The Balaban J connectivity index is 0.00000625. The molecule has 0 amide bonds. The number of hydrogen-bond acceptors (Lipinski definition) is 2. The van der Waals surface area contributed by atoms with Crippen LogP contribution in [0, 0.1) is 18.5 Å². The van der Waals surface area contributed by atoms with Crippen molar-refractivity contribution in [3.8, 4) is 34.1 Å². The van der Waals surface area contributed by atoms with Crippen molar-refractivity contribution >= 4 is 105 Å². The summed E-state index contributed by atoms with van der Waals surface area (Å²) in [7, 11) is -3.19. The molecular weight excluding hydrogens is 1250 g/mol. The minimum Gasteiger partial charge on any atom is -0.510 e. The van der Waals surface area contributed by atoms with E-state index in [1.807, 2.05) is 24.4 Å². The first-order valence-corrected chi connectivity index (χ1v) is 31.0. The number of pyridine rings is 1. The second-order valence-corrected chi connectivity index (χ2v) is 26.8. The van der Waals surface area contributed by atoms with E-state index in [0.717, 1.165) is 93.7 Å². The summed E-state index contributed by atoms with van der Waals surface area (Å²) in [6.07, 6.45) is 5.99. The van der Waals surface area contributed by atoms with Crippen molar-refractivity contribution in [2.45, 2.75) is 26.2 Å². The number of para-hydroxylation sites is 4. The largest absolute Gasteiger partial charge is 0.510 e. The molecule has 0 aliphatic rings. The molecule has 16 rings (SSSR count). The molecule has 8 heteroatoms. The molecule has 0 aliphatic heterocycles. The number of aromatic nitrogens is 5. The molecule has 11 aromatic carbocycles. The second kappa shape index (κ2) is 21.0. The molecule has 0 bridgehead atoms. The predicted molar refractivity (Wildman–Crippen MR) is 352 cm³/mol. The molecule has 0 radical (unpaired) electrons. The zero-order chi connectivity index (χ0) is 56.8. The maximum Gasteiger partial charge on any atom is 0.196 e. The van der Waals surface area contributed by atoms with Gasteiger partial charge in [-0.2, -0.15) is 18.2 Å². The van der Waals surface area contributed by atoms with Gasteiger partial charge in [0.15, 0.2) is 20.0 Å². The van der Waals surface area contributed by atoms with Crippen molar-refractivity contribution in [3.63, 3.8) is 0 Å². The molecule has 5 heterocycles. The van der Waals surface area contributed by atoms with E-state index in [1.165, 1.54) is 31.7 Å². The molecular formula is C78H55N5OPtSi-2. The van der Waals surface area contributed by atoms with Gasteiger partial charge in [0, 0.05) is 55.1 Å². The van der Waals surface area contributed by atoms with Gasteiger partial charge in [-0.15, -0.1) is 29.7 Å². The fourth-order valence-electron chi connectivity index (χ4n) is 13.5. The maximum absolute atomic E-state index is 6.91.